The molecule has 0 amide bonds. The Morgan fingerprint density at radius 2 is 1.96 bits per heavy atom. The molecule has 0 bridgehead atoms. The van der Waals surface area contributed by atoms with E-state index in [4.69, 9.17) is 9.73 Å². The quantitative estimate of drug-likeness (QED) is 0.437. The van der Waals surface area contributed by atoms with Crippen molar-refractivity contribution >= 4 is 11.9 Å². The maximum absolute atomic E-state index is 11.6. The lowest BCUT2D eigenvalue weighted by molar-refractivity contribution is -0.147. The van der Waals surface area contributed by atoms with Gasteiger partial charge in [-0.05, 0) is 39.2 Å². The van der Waals surface area contributed by atoms with Gasteiger partial charge in [-0.25, -0.2) is 0 Å². The van der Waals surface area contributed by atoms with E-state index in [0.29, 0.717) is 13.0 Å². The van der Waals surface area contributed by atoms with Crippen LogP contribution in [0.4, 0.5) is 0 Å². The van der Waals surface area contributed by atoms with E-state index in [9.17, 15) is 4.79 Å². The maximum atomic E-state index is 11.6. The van der Waals surface area contributed by atoms with Crippen molar-refractivity contribution in [1.29, 1.82) is 0 Å². The summed E-state index contributed by atoms with van der Waals surface area (Å²) < 4.78 is 5.13. The molecule has 24 heavy (non-hydrogen) atoms. The van der Waals surface area contributed by atoms with Crippen molar-refractivity contribution in [1.82, 2.24) is 10.6 Å². The third-order valence-electron chi connectivity index (χ3n) is 4.11. The van der Waals surface area contributed by atoms with Crippen molar-refractivity contribution in [3.8, 4) is 0 Å². The van der Waals surface area contributed by atoms with E-state index in [1.807, 2.05) is 26.8 Å². The molecule has 1 aliphatic carbocycles. The summed E-state index contributed by atoms with van der Waals surface area (Å²) >= 11 is 0. The van der Waals surface area contributed by atoms with Crippen LogP contribution < -0.4 is 10.6 Å². The standard InChI is InChI=1S/C19H29N3O2/c1-4-20-18(21-13-10-17(23)24-15(2)3)22-14-19(11-12-19)16-8-6-5-7-9-16/h5-9,15H,4,10-14H2,1-3H3,(H2,20,21,22). The molecule has 132 valence electrons. The number of carbonyl (C=O) groups is 1. The number of aliphatic imine (C=N–C) groups is 1. The van der Waals surface area contributed by atoms with Gasteiger partial charge in [0.25, 0.3) is 0 Å². The first-order valence-electron chi connectivity index (χ1n) is 8.83. The second-order valence-corrected chi connectivity index (χ2v) is 6.56. The molecular weight excluding hydrogens is 302 g/mol. The Labute approximate surface area is 144 Å². The number of hydrogen-bond acceptors (Lipinski definition) is 3. The minimum Gasteiger partial charge on any atom is -0.463 e. The van der Waals surface area contributed by atoms with Crippen LogP contribution in [0.5, 0.6) is 0 Å². The molecule has 1 aliphatic rings. The Morgan fingerprint density at radius 3 is 2.54 bits per heavy atom. The van der Waals surface area contributed by atoms with Crippen LogP contribution in [-0.2, 0) is 14.9 Å². The van der Waals surface area contributed by atoms with E-state index in [1.165, 1.54) is 18.4 Å². The fourth-order valence-corrected chi connectivity index (χ4v) is 2.66. The summed E-state index contributed by atoms with van der Waals surface area (Å²) in [6.45, 7) is 7.83. The Morgan fingerprint density at radius 1 is 1.25 bits per heavy atom. The maximum Gasteiger partial charge on any atom is 0.307 e. The Kier molecular flexibility index (Phi) is 6.64. The van der Waals surface area contributed by atoms with Crippen LogP contribution in [0, 0.1) is 0 Å². The number of hydrogen-bond donors (Lipinski definition) is 2. The van der Waals surface area contributed by atoms with Gasteiger partial charge in [0.05, 0.1) is 19.1 Å². The summed E-state index contributed by atoms with van der Waals surface area (Å²) in [6, 6.07) is 10.6. The van der Waals surface area contributed by atoms with Gasteiger partial charge in [-0.2, -0.15) is 0 Å². The van der Waals surface area contributed by atoms with Crippen molar-refractivity contribution in [3.05, 3.63) is 35.9 Å². The van der Waals surface area contributed by atoms with Gasteiger partial charge in [0.15, 0.2) is 5.96 Å². The van der Waals surface area contributed by atoms with Crippen LogP contribution >= 0.6 is 0 Å². The molecule has 0 heterocycles. The number of nitrogens with one attached hydrogen (secondary N) is 2. The lowest BCUT2D eigenvalue weighted by Gasteiger charge is -2.16. The molecule has 5 nitrogen and oxygen atoms in total. The van der Waals surface area contributed by atoms with Gasteiger partial charge < -0.3 is 15.4 Å². The predicted octanol–water partition coefficient (Wildman–Crippen LogP) is 2.62. The Bertz CT molecular complexity index is 551. The van der Waals surface area contributed by atoms with Crippen molar-refractivity contribution in [3.63, 3.8) is 0 Å². The van der Waals surface area contributed by atoms with Crippen molar-refractivity contribution in [2.45, 2.75) is 51.6 Å². The van der Waals surface area contributed by atoms with E-state index >= 15 is 0 Å². The number of nitrogens with zero attached hydrogens (tertiary/aromatic N) is 1. The number of ether oxygens (including phenoxy) is 1. The predicted molar refractivity (Wildman–Crippen MR) is 97.2 cm³/mol. The highest BCUT2D eigenvalue weighted by Gasteiger charge is 2.43. The molecular formula is C19H29N3O2. The average molecular weight is 331 g/mol. The molecule has 2 N–H and O–H groups in total. The summed E-state index contributed by atoms with van der Waals surface area (Å²) in [6.07, 6.45) is 2.63. The van der Waals surface area contributed by atoms with E-state index < -0.39 is 0 Å². The Balaban J connectivity index is 1.86. The van der Waals surface area contributed by atoms with Crippen molar-refractivity contribution in [2.75, 3.05) is 19.6 Å². The zero-order chi connectivity index (χ0) is 17.4. The molecule has 5 heteroatoms. The van der Waals surface area contributed by atoms with Gasteiger partial charge in [-0.1, -0.05) is 30.3 Å². The molecule has 2 rings (SSSR count). The van der Waals surface area contributed by atoms with Gasteiger partial charge in [0, 0.05) is 18.5 Å². The summed E-state index contributed by atoms with van der Waals surface area (Å²) in [5.41, 5.74) is 1.56. The lowest BCUT2D eigenvalue weighted by atomic mass is 9.96. The monoisotopic (exact) mass is 331 g/mol. The van der Waals surface area contributed by atoms with Crippen LogP contribution in [-0.4, -0.2) is 37.7 Å². The third-order valence-corrected chi connectivity index (χ3v) is 4.11. The largest absolute Gasteiger partial charge is 0.463 e. The van der Waals surface area contributed by atoms with Gasteiger partial charge >= 0.3 is 5.97 Å². The smallest absolute Gasteiger partial charge is 0.307 e. The van der Waals surface area contributed by atoms with Crippen LogP contribution in [0.25, 0.3) is 0 Å². The second-order valence-electron chi connectivity index (χ2n) is 6.56. The van der Waals surface area contributed by atoms with Crippen molar-refractivity contribution in [2.24, 2.45) is 4.99 Å². The molecule has 0 radical (unpaired) electrons. The first-order chi connectivity index (χ1) is 11.6. The summed E-state index contributed by atoms with van der Waals surface area (Å²) in [5, 5.41) is 6.45. The number of esters is 1. The molecule has 0 aliphatic heterocycles. The number of benzene rings is 1. The van der Waals surface area contributed by atoms with Gasteiger partial charge in [-0.15, -0.1) is 0 Å². The van der Waals surface area contributed by atoms with Gasteiger partial charge in [-0.3, -0.25) is 9.79 Å². The average Bonchev–Trinajstić information content (AvgIpc) is 3.34. The molecule has 0 spiro atoms. The SMILES string of the molecule is CCNC(=NCC1(c2ccccc2)CC1)NCCC(=O)OC(C)C. The first kappa shape index (κ1) is 18.3. The fourth-order valence-electron chi connectivity index (χ4n) is 2.66. The number of rotatable bonds is 8. The van der Waals surface area contributed by atoms with Crippen LogP contribution in [0.2, 0.25) is 0 Å². The number of carbonyl (C=O) groups excluding carboxylic acids is 1. The highest BCUT2D eigenvalue weighted by molar-refractivity contribution is 5.80. The zero-order valence-electron chi connectivity index (χ0n) is 15.0. The summed E-state index contributed by atoms with van der Waals surface area (Å²) in [7, 11) is 0. The van der Waals surface area contributed by atoms with Crippen molar-refractivity contribution < 1.29 is 9.53 Å². The fraction of sp³-hybridized carbons (Fsp3) is 0.579. The van der Waals surface area contributed by atoms with E-state index in [1.54, 1.807) is 0 Å². The van der Waals surface area contributed by atoms with Gasteiger partial charge in [0.1, 0.15) is 0 Å². The van der Waals surface area contributed by atoms with Crippen LogP contribution in [0.3, 0.4) is 0 Å². The molecule has 1 saturated carbocycles. The normalized spacial score (nSPS) is 15.9. The summed E-state index contributed by atoms with van der Waals surface area (Å²) in [5.74, 6) is 0.577. The first-order valence-corrected chi connectivity index (χ1v) is 8.83. The molecule has 1 aromatic carbocycles. The van der Waals surface area contributed by atoms with E-state index in [0.717, 1.165) is 19.0 Å². The third kappa shape index (κ3) is 5.55. The molecule has 0 unspecified atom stereocenters. The van der Waals surface area contributed by atoms with Crippen LogP contribution in [0.1, 0.15) is 45.6 Å². The second kappa shape index (κ2) is 8.71. The van der Waals surface area contributed by atoms with Crippen LogP contribution in [0.15, 0.2) is 35.3 Å². The zero-order valence-corrected chi connectivity index (χ0v) is 15.0. The lowest BCUT2D eigenvalue weighted by Crippen LogP contribution is -2.39. The topological polar surface area (TPSA) is 62.7 Å². The molecule has 1 aromatic rings. The molecule has 0 saturated heterocycles. The highest BCUT2D eigenvalue weighted by atomic mass is 16.5. The van der Waals surface area contributed by atoms with E-state index in [-0.39, 0.29) is 17.5 Å². The Hall–Kier alpha value is -2.04. The molecule has 0 aromatic heterocycles. The van der Waals surface area contributed by atoms with E-state index in [2.05, 4.69) is 34.9 Å². The number of guanidine groups is 1. The minimum atomic E-state index is -0.184. The highest BCUT2D eigenvalue weighted by Crippen LogP contribution is 2.48. The summed E-state index contributed by atoms with van der Waals surface area (Å²) in [4.78, 5) is 16.3. The molecule has 1 fully saturated rings. The minimum absolute atomic E-state index is 0.0694. The van der Waals surface area contributed by atoms with Gasteiger partial charge in [0.2, 0.25) is 0 Å². The molecule has 0 atom stereocenters.